The standard InChI is InChI=1S/C17H14BrClO4/c1-10(16(20)11-3-6-13(19)7-4-11)23-17(21)12-5-8-15(22-2)14(18)9-12/h3-10H,1-2H3/t10-/m1/s1. The molecule has 2 aromatic rings. The Labute approximate surface area is 147 Å². The van der Waals surface area contributed by atoms with E-state index < -0.39 is 12.1 Å². The minimum Gasteiger partial charge on any atom is -0.496 e. The van der Waals surface area contributed by atoms with Gasteiger partial charge in [-0.25, -0.2) is 4.79 Å². The number of hydrogen-bond acceptors (Lipinski definition) is 4. The van der Waals surface area contributed by atoms with Gasteiger partial charge in [0.15, 0.2) is 6.10 Å². The van der Waals surface area contributed by atoms with Gasteiger partial charge in [-0.3, -0.25) is 4.79 Å². The van der Waals surface area contributed by atoms with Crippen molar-refractivity contribution in [3.05, 3.63) is 63.1 Å². The maximum absolute atomic E-state index is 12.2. The molecule has 0 aromatic heterocycles. The van der Waals surface area contributed by atoms with Crippen molar-refractivity contribution < 1.29 is 19.1 Å². The molecule has 0 saturated heterocycles. The predicted octanol–water partition coefficient (Wildman–Crippen LogP) is 4.54. The van der Waals surface area contributed by atoms with Gasteiger partial charge in [0.1, 0.15) is 5.75 Å². The van der Waals surface area contributed by atoms with Crippen LogP contribution in [0.4, 0.5) is 0 Å². The van der Waals surface area contributed by atoms with Crippen LogP contribution in [0.15, 0.2) is 46.9 Å². The zero-order valence-electron chi connectivity index (χ0n) is 12.5. The summed E-state index contributed by atoms with van der Waals surface area (Å²) in [5.74, 6) is -0.266. The van der Waals surface area contributed by atoms with Crippen LogP contribution >= 0.6 is 27.5 Å². The summed E-state index contributed by atoms with van der Waals surface area (Å²) in [6.07, 6.45) is -0.899. The zero-order chi connectivity index (χ0) is 17.0. The summed E-state index contributed by atoms with van der Waals surface area (Å²) >= 11 is 9.09. The molecule has 0 radical (unpaired) electrons. The molecule has 0 aliphatic heterocycles. The molecule has 23 heavy (non-hydrogen) atoms. The molecule has 0 bridgehead atoms. The van der Waals surface area contributed by atoms with Gasteiger partial charge in [-0.15, -0.1) is 0 Å². The summed E-state index contributed by atoms with van der Waals surface area (Å²) in [5, 5.41) is 0.536. The topological polar surface area (TPSA) is 52.6 Å². The third-order valence-electron chi connectivity index (χ3n) is 3.17. The molecule has 0 N–H and O–H groups in total. The minimum absolute atomic E-state index is 0.289. The number of methoxy groups -OCH3 is 1. The monoisotopic (exact) mass is 396 g/mol. The molecule has 2 rings (SSSR count). The molecule has 0 fully saturated rings. The summed E-state index contributed by atoms with van der Waals surface area (Å²) in [5.41, 5.74) is 0.763. The molecule has 4 nitrogen and oxygen atoms in total. The number of ether oxygens (including phenoxy) is 2. The highest BCUT2D eigenvalue weighted by Gasteiger charge is 2.21. The molecule has 0 heterocycles. The Kier molecular flexibility index (Phi) is 5.80. The van der Waals surface area contributed by atoms with E-state index in [1.165, 1.54) is 14.0 Å². The van der Waals surface area contributed by atoms with Gasteiger partial charge in [-0.05, 0) is 65.3 Å². The summed E-state index contributed by atoms with van der Waals surface area (Å²) in [4.78, 5) is 24.4. The molecule has 1 atom stereocenters. The van der Waals surface area contributed by atoms with E-state index in [1.807, 2.05) is 0 Å². The van der Waals surface area contributed by atoms with Crippen molar-refractivity contribution in [2.75, 3.05) is 7.11 Å². The largest absolute Gasteiger partial charge is 0.496 e. The molecule has 2 aromatic carbocycles. The first-order valence-electron chi connectivity index (χ1n) is 6.76. The maximum atomic E-state index is 12.2. The smallest absolute Gasteiger partial charge is 0.338 e. The highest BCUT2D eigenvalue weighted by atomic mass is 79.9. The van der Waals surface area contributed by atoms with Crippen LogP contribution in [0.5, 0.6) is 5.75 Å². The molecular weight excluding hydrogens is 384 g/mol. The number of Topliss-reactive ketones (excluding diaryl/α,β-unsaturated/α-hetero) is 1. The van der Waals surface area contributed by atoms with Gasteiger partial charge in [0.05, 0.1) is 17.1 Å². The van der Waals surface area contributed by atoms with Crippen molar-refractivity contribution in [2.45, 2.75) is 13.0 Å². The van der Waals surface area contributed by atoms with E-state index in [-0.39, 0.29) is 5.78 Å². The zero-order valence-corrected chi connectivity index (χ0v) is 14.8. The SMILES string of the molecule is COc1ccc(C(=O)O[C@H](C)C(=O)c2ccc(Cl)cc2)cc1Br. The Morgan fingerprint density at radius 2 is 1.70 bits per heavy atom. The van der Waals surface area contributed by atoms with Crippen molar-refractivity contribution >= 4 is 39.3 Å². The van der Waals surface area contributed by atoms with Crippen LogP contribution in [0.25, 0.3) is 0 Å². The second kappa shape index (κ2) is 7.62. The Morgan fingerprint density at radius 3 is 2.26 bits per heavy atom. The van der Waals surface area contributed by atoms with Crippen LogP contribution in [0.2, 0.25) is 5.02 Å². The fraction of sp³-hybridized carbons (Fsp3) is 0.176. The number of rotatable bonds is 5. The summed E-state index contributed by atoms with van der Waals surface area (Å²) in [6.45, 7) is 1.54. The number of carbonyl (C=O) groups excluding carboxylic acids is 2. The van der Waals surface area contributed by atoms with E-state index in [1.54, 1.807) is 42.5 Å². The molecule has 0 aliphatic rings. The number of esters is 1. The lowest BCUT2D eigenvalue weighted by Gasteiger charge is -2.13. The van der Waals surface area contributed by atoms with Crippen LogP contribution in [-0.2, 0) is 4.74 Å². The average molecular weight is 398 g/mol. The predicted molar refractivity (Wildman–Crippen MR) is 91.4 cm³/mol. The molecule has 0 amide bonds. The van der Waals surface area contributed by atoms with Gasteiger partial charge < -0.3 is 9.47 Å². The van der Waals surface area contributed by atoms with Gasteiger partial charge in [-0.2, -0.15) is 0 Å². The lowest BCUT2D eigenvalue weighted by Crippen LogP contribution is -2.24. The normalized spacial score (nSPS) is 11.7. The lowest BCUT2D eigenvalue weighted by molar-refractivity contribution is 0.0318. The van der Waals surface area contributed by atoms with Crippen LogP contribution in [0.3, 0.4) is 0 Å². The quantitative estimate of drug-likeness (QED) is 0.549. The third-order valence-corrected chi connectivity index (χ3v) is 4.04. The Bertz CT molecular complexity index is 728. The van der Waals surface area contributed by atoms with Gasteiger partial charge in [0.2, 0.25) is 5.78 Å². The number of hydrogen-bond donors (Lipinski definition) is 0. The van der Waals surface area contributed by atoms with Crippen molar-refractivity contribution in [3.8, 4) is 5.75 Å². The highest BCUT2D eigenvalue weighted by Crippen LogP contribution is 2.26. The Hall–Kier alpha value is -1.85. The van der Waals surface area contributed by atoms with E-state index >= 15 is 0 Å². The first-order chi connectivity index (χ1) is 10.9. The van der Waals surface area contributed by atoms with E-state index in [0.717, 1.165) is 0 Å². The number of halogens is 2. The van der Waals surface area contributed by atoms with Crippen LogP contribution in [0, 0.1) is 0 Å². The highest BCUT2D eigenvalue weighted by molar-refractivity contribution is 9.10. The molecule has 0 saturated carbocycles. The van der Waals surface area contributed by atoms with Crippen LogP contribution in [0.1, 0.15) is 27.6 Å². The fourth-order valence-electron chi connectivity index (χ4n) is 1.92. The fourth-order valence-corrected chi connectivity index (χ4v) is 2.59. The molecular formula is C17H14BrClO4. The Balaban J connectivity index is 2.08. The molecule has 0 unspecified atom stereocenters. The van der Waals surface area contributed by atoms with Crippen LogP contribution < -0.4 is 4.74 Å². The summed E-state index contributed by atoms with van der Waals surface area (Å²) in [6, 6.07) is 11.2. The van der Waals surface area contributed by atoms with Crippen molar-refractivity contribution in [1.82, 2.24) is 0 Å². The van der Waals surface area contributed by atoms with Crippen LogP contribution in [-0.4, -0.2) is 25.0 Å². The third kappa shape index (κ3) is 4.33. The van der Waals surface area contributed by atoms with Gasteiger partial charge in [-0.1, -0.05) is 11.6 Å². The summed E-state index contributed by atoms with van der Waals surface area (Å²) in [7, 11) is 1.53. The molecule has 6 heteroatoms. The molecule has 120 valence electrons. The lowest BCUT2D eigenvalue weighted by atomic mass is 10.1. The molecule has 0 aliphatic carbocycles. The van der Waals surface area contributed by atoms with Crippen molar-refractivity contribution in [2.24, 2.45) is 0 Å². The second-order valence-electron chi connectivity index (χ2n) is 4.77. The number of benzene rings is 2. The first kappa shape index (κ1) is 17.5. The maximum Gasteiger partial charge on any atom is 0.338 e. The summed E-state index contributed by atoms with van der Waals surface area (Å²) < 4.78 is 11.0. The van der Waals surface area contributed by atoms with E-state index in [4.69, 9.17) is 21.1 Å². The number of carbonyl (C=O) groups is 2. The van der Waals surface area contributed by atoms with Crippen molar-refractivity contribution in [3.63, 3.8) is 0 Å². The van der Waals surface area contributed by atoms with Crippen molar-refractivity contribution in [1.29, 1.82) is 0 Å². The van der Waals surface area contributed by atoms with Gasteiger partial charge in [0.25, 0.3) is 0 Å². The number of ketones is 1. The van der Waals surface area contributed by atoms with E-state index in [9.17, 15) is 9.59 Å². The Morgan fingerprint density at radius 1 is 1.09 bits per heavy atom. The minimum atomic E-state index is -0.899. The van der Waals surface area contributed by atoms with Gasteiger partial charge >= 0.3 is 5.97 Å². The molecule has 0 spiro atoms. The second-order valence-corrected chi connectivity index (χ2v) is 6.06. The van der Waals surface area contributed by atoms with E-state index in [0.29, 0.717) is 26.4 Å². The average Bonchev–Trinajstić information content (AvgIpc) is 2.54. The van der Waals surface area contributed by atoms with Gasteiger partial charge in [0, 0.05) is 10.6 Å². The first-order valence-corrected chi connectivity index (χ1v) is 7.93. The van der Waals surface area contributed by atoms with E-state index in [2.05, 4.69) is 15.9 Å².